The first kappa shape index (κ1) is 20.1. The van der Waals surface area contributed by atoms with Crippen molar-refractivity contribution in [3.8, 4) is 5.75 Å². The molecule has 0 atom stereocenters. The van der Waals surface area contributed by atoms with Crippen molar-refractivity contribution in [3.63, 3.8) is 0 Å². The molecule has 160 valence electrons. The molecule has 5 nitrogen and oxygen atoms in total. The van der Waals surface area contributed by atoms with E-state index in [1.807, 2.05) is 73.8 Å². The number of carbonyl (C=O) groups is 1. The van der Waals surface area contributed by atoms with Crippen LogP contribution in [0.5, 0.6) is 5.75 Å². The SMILES string of the molecule is COc1ccc2cc3c(nc2c1)N(c1ccc(C(=O)N(C)Cc2ccccc2)cc1)CC3. The van der Waals surface area contributed by atoms with Crippen LogP contribution in [-0.4, -0.2) is 36.5 Å². The number of aromatic nitrogens is 1. The predicted molar refractivity (Wildman–Crippen MR) is 128 cm³/mol. The van der Waals surface area contributed by atoms with Crippen molar-refractivity contribution in [2.75, 3.05) is 25.6 Å². The molecule has 0 N–H and O–H groups in total. The molecular weight excluding hydrogens is 398 g/mol. The largest absolute Gasteiger partial charge is 0.497 e. The molecule has 1 amide bonds. The minimum Gasteiger partial charge on any atom is -0.497 e. The number of hydrogen-bond donors (Lipinski definition) is 0. The zero-order chi connectivity index (χ0) is 22.1. The average molecular weight is 424 g/mol. The fraction of sp³-hybridized carbons (Fsp3) is 0.185. The molecule has 0 saturated heterocycles. The Bertz CT molecular complexity index is 1270. The molecule has 3 aromatic carbocycles. The van der Waals surface area contributed by atoms with Gasteiger partial charge in [0.15, 0.2) is 0 Å². The summed E-state index contributed by atoms with van der Waals surface area (Å²) in [6.07, 6.45) is 0.949. The number of carbonyl (C=O) groups excluding carboxylic acids is 1. The summed E-state index contributed by atoms with van der Waals surface area (Å²) in [4.78, 5) is 21.8. The van der Waals surface area contributed by atoms with Gasteiger partial charge in [-0.2, -0.15) is 0 Å². The van der Waals surface area contributed by atoms with Crippen molar-refractivity contribution >= 4 is 28.3 Å². The van der Waals surface area contributed by atoms with Crippen LogP contribution < -0.4 is 9.64 Å². The molecule has 1 aliphatic heterocycles. The van der Waals surface area contributed by atoms with Crippen LogP contribution in [0, 0.1) is 0 Å². The van der Waals surface area contributed by atoms with Crippen LogP contribution in [0.3, 0.4) is 0 Å². The Morgan fingerprint density at radius 2 is 1.81 bits per heavy atom. The minimum absolute atomic E-state index is 0.0124. The minimum atomic E-state index is 0.0124. The lowest BCUT2D eigenvalue weighted by atomic mass is 10.1. The Kier molecular flexibility index (Phi) is 5.23. The normalized spacial score (nSPS) is 12.6. The summed E-state index contributed by atoms with van der Waals surface area (Å²) < 4.78 is 5.36. The summed E-state index contributed by atoms with van der Waals surface area (Å²) in [5, 5.41) is 1.12. The Balaban J connectivity index is 1.37. The van der Waals surface area contributed by atoms with Gasteiger partial charge >= 0.3 is 0 Å². The second kappa shape index (κ2) is 8.35. The maximum absolute atomic E-state index is 12.9. The molecule has 4 aromatic rings. The summed E-state index contributed by atoms with van der Waals surface area (Å²) in [6.45, 7) is 1.46. The zero-order valence-electron chi connectivity index (χ0n) is 18.3. The second-order valence-electron chi connectivity index (χ2n) is 8.13. The van der Waals surface area contributed by atoms with Gasteiger partial charge in [-0.1, -0.05) is 30.3 Å². The first-order valence-electron chi connectivity index (χ1n) is 10.8. The van der Waals surface area contributed by atoms with E-state index in [-0.39, 0.29) is 5.91 Å². The summed E-state index contributed by atoms with van der Waals surface area (Å²) in [5.74, 6) is 1.79. The Morgan fingerprint density at radius 3 is 2.56 bits per heavy atom. The van der Waals surface area contributed by atoms with Crippen molar-refractivity contribution in [2.45, 2.75) is 13.0 Å². The van der Waals surface area contributed by atoms with Crippen LogP contribution >= 0.6 is 0 Å². The van der Waals surface area contributed by atoms with Gasteiger partial charge in [0.2, 0.25) is 0 Å². The molecule has 0 fully saturated rings. The van der Waals surface area contributed by atoms with Crippen LogP contribution in [0.2, 0.25) is 0 Å². The lowest BCUT2D eigenvalue weighted by Gasteiger charge is -2.20. The molecule has 32 heavy (non-hydrogen) atoms. The van der Waals surface area contributed by atoms with E-state index in [9.17, 15) is 4.79 Å². The molecule has 0 radical (unpaired) electrons. The molecule has 5 heteroatoms. The highest BCUT2D eigenvalue weighted by molar-refractivity contribution is 5.94. The molecule has 0 spiro atoms. The number of hydrogen-bond acceptors (Lipinski definition) is 4. The number of nitrogens with zero attached hydrogens (tertiary/aromatic N) is 3. The average Bonchev–Trinajstić information content (AvgIpc) is 3.25. The van der Waals surface area contributed by atoms with Gasteiger partial charge in [-0.15, -0.1) is 0 Å². The molecule has 2 heterocycles. The second-order valence-corrected chi connectivity index (χ2v) is 8.13. The standard InChI is InChI=1S/C27H25N3O2/c1-29(18-19-6-4-3-5-7-19)27(31)20-8-11-23(12-9-20)30-15-14-22-16-21-10-13-24(32-2)17-25(21)28-26(22)30/h3-13,16-17H,14-15,18H2,1-2H3. The van der Waals surface area contributed by atoms with E-state index in [1.54, 1.807) is 12.0 Å². The number of amides is 1. The number of anilines is 2. The predicted octanol–water partition coefficient (Wildman–Crippen LogP) is 5.21. The summed E-state index contributed by atoms with van der Waals surface area (Å²) in [7, 11) is 3.50. The highest BCUT2D eigenvalue weighted by Crippen LogP contribution is 2.35. The van der Waals surface area contributed by atoms with Crippen LogP contribution in [0.25, 0.3) is 10.9 Å². The third-order valence-corrected chi connectivity index (χ3v) is 5.98. The van der Waals surface area contributed by atoms with Gasteiger partial charge in [0.1, 0.15) is 11.6 Å². The topological polar surface area (TPSA) is 45.7 Å². The lowest BCUT2D eigenvalue weighted by molar-refractivity contribution is 0.0785. The Labute approximate surface area is 187 Å². The third kappa shape index (κ3) is 3.78. The van der Waals surface area contributed by atoms with E-state index < -0.39 is 0 Å². The van der Waals surface area contributed by atoms with E-state index in [1.165, 1.54) is 5.56 Å². The lowest BCUT2D eigenvalue weighted by Crippen LogP contribution is -2.26. The van der Waals surface area contributed by atoms with Gasteiger partial charge < -0.3 is 14.5 Å². The highest BCUT2D eigenvalue weighted by atomic mass is 16.5. The van der Waals surface area contributed by atoms with E-state index >= 15 is 0 Å². The van der Waals surface area contributed by atoms with Gasteiger partial charge in [-0.3, -0.25) is 4.79 Å². The first-order valence-corrected chi connectivity index (χ1v) is 10.8. The number of ether oxygens (including phenoxy) is 1. The molecule has 1 aliphatic rings. The number of methoxy groups -OCH3 is 1. The molecule has 0 aliphatic carbocycles. The van der Waals surface area contributed by atoms with E-state index in [4.69, 9.17) is 9.72 Å². The van der Waals surface area contributed by atoms with Gasteiger partial charge in [-0.05, 0) is 60.0 Å². The maximum Gasteiger partial charge on any atom is 0.253 e. The fourth-order valence-electron chi connectivity index (χ4n) is 4.25. The first-order chi connectivity index (χ1) is 15.6. The van der Waals surface area contributed by atoms with Crippen molar-refractivity contribution in [1.82, 2.24) is 9.88 Å². The van der Waals surface area contributed by atoms with Crippen molar-refractivity contribution in [3.05, 3.63) is 95.6 Å². The van der Waals surface area contributed by atoms with Crippen LogP contribution in [-0.2, 0) is 13.0 Å². The van der Waals surface area contributed by atoms with E-state index in [2.05, 4.69) is 17.0 Å². The smallest absolute Gasteiger partial charge is 0.253 e. The molecule has 0 unspecified atom stereocenters. The Hall–Kier alpha value is -3.86. The summed E-state index contributed by atoms with van der Waals surface area (Å²) >= 11 is 0. The van der Waals surface area contributed by atoms with Crippen LogP contribution in [0.15, 0.2) is 78.9 Å². The van der Waals surface area contributed by atoms with E-state index in [0.29, 0.717) is 12.1 Å². The van der Waals surface area contributed by atoms with Crippen molar-refractivity contribution in [1.29, 1.82) is 0 Å². The molecule has 5 rings (SSSR count). The summed E-state index contributed by atoms with van der Waals surface area (Å²) in [5.41, 5.74) is 5.00. The van der Waals surface area contributed by atoms with Gasteiger partial charge in [-0.25, -0.2) is 4.98 Å². The summed E-state index contributed by atoms with van der Waals surface area (Å²) in [6, 6.07) is 26.1. The van der Waals surface area contributed by atoms with Gasteiger partial charge in [0.05, 0.1) is 12.6 Å². The molecule has 0 bridgehead atoms. The quantitative estimate of drug-likeness (QED) is 0.442. The van der Waals surface area contributed by atoms with Crippen molar-refractivity contribution in [2.24, 2.45) is 0 Å². The van der Waals surface area contributed by atoms with Gasteiger partial charge in [0, 0.05) is 42.8 Å². The van der Waals surface area contributed by atoms with Crippen LogP contribution in [0.1, 0.15) is 21.5 Å². The van der Waals surface area contributed by atoms with Crippen molar-refractivity contribution < 1.29 is 9.53 Å². The number of fused-ring (bicyclic) bond motifs is 2. The zero-order valence-corrected chi connectivity index (χ0v) is 18.3. The molecular formula is C27H25N3O2. The molecule has 0 saturated carbocycles. The Morgan fingerprint density at radius 1 is 1.03 bits per heavy atom. The number of rotatable bonds is 5. The van der Waals surface area contributed by atoms with Gasteiger partial charge in [0.25, 0.3) is 5.91 Å². The monoisotopic (exact) mass is 423 g/mol. The third-order valence-electron chi connectivity index (χ3n) is 5.98. The maximum atomic E-state index is 12.9. The number of benzene rings is 3. The highest BCUT2D eigenvalue weighted by Gasteiger charge is 2.23. The fourth-order valence-corrected chi connectivity index (χ4v) is 4.25. The van der Waals surface area contributed by atoms with E-state index in [0.717, 1.165) is 46.7 Å². The number of pyridine rings is 1. The molecule has 1 aromatic heterocycles. The van der Waals surface area contributed by atoms with Crippen LogP contribution in [0.4, 0.5) is 11.5 Å².